The Hall–Kier alpha value is -6.22. The number of fused-ring (bicyclic) bond motifs is 5. The predicted molar refractivity (Wildman–Crippen MR) is 184 cm³/mol. The van der Waals surface area contributed by atoms with Gasteiger partial charge in [-0.15, -0.1) is 0 Å². The van der Waals surface area contributed by atoms with Crippen LogP contribution in [0.2, 0.25) is 0 Å². The van der Waals surface area contributed by atoms with Gasteiger partial charge in [0, 0.05) is 47.3 Å². The molecule has 9 heteroatoms. The van der Waals surface area contributed by atoms with Crippen molar-refractivity contribution in [3.63, 3.8) is 0 Å². The molecule has 8 atom stereocenters. The molecule has 2 fully saturated rings. The highest BCUT2D eigenvalue weighted by atomic mass is 16.3. The summed E-state index contributed by atoms with van der Waals surface area (Å²) in [5, 5.41) is 74.8. The van der Waals surface area contributed by atoms with Crippen molar-refractivity contribution in [3.8, 4) is 40.2 Å². The molecule has 9 rings (SSSR count). The standard InChI is InChI=1S/C42H32O9/c43-23-7-1-19(2-8-23)33-35-29(16-28(48)17-31(35)49)36-37(33)30-18-32(50)38-34(22-13-26(46)15-27(47)14-22)39(20-3-9-24(44)10-4-20)42(30,41(38)51)40(36)21-5-11-25(45)12-6-21/h1-18,33-34,36-40,43-49H/t33-,34+,36-,37+,38-,39-,40+,42+/m1/s1. The molecule has 9 nitrogen and oxygen atoms in total. The number of phenolic OH excluding ortho intramolecular Hbond substituents is 7. The van der Waals surface area contributed by atoms with Crippen LogP contribution < -0.4 is 0 Å². The number of hydrogen-bond acceptors (Lipinski definition) is 9. The van der Waals surface area contributed by atoms with Crippen LogP contribution in [0.3, 0.4) is 0 Å². The van der Waals surface area contributed by atoms with Gasteiger partial charge in [-0.25, -0.2) is 0 Å². The van der Waals surface area contributed by atoms with Crippen molar-refractivity contribution in [1.29, 1.82) is 0 Å². The van der Waals surface area contributed by atoms with Gasteiger partial charge in [0.2, 0.25) is 0 Å². The van der Waals surface area contributed by atoms with Gasteiger partial charge < -0.3 is 35.7 Å². The van der Waals surface area contributed by atoms with Crippen molar-refractivity contribution in [2.24, 2.45) is 17.3 Å². The number of benzene rings is 5. The smallest absolute Gasteiger partial charge is 0.166 e. The van der Waals surface area contributed by atoms with E-state index in [0.717, 1.165) is 5.56 Å². The summed E-state index contributed by atoms with van der Waals surface area (Å²) in [6.07, 6.45) is 1.58. The van der Waals surface area contributed by atoms with Crippen molar-refractivity contribution in [1.82, 2.24) is 0 Å². The first-order chi connectivity index (χ1) is 24.5. The number of rotatable bonds is 4. The fraction of sp³-hybridized carbons (Fsp3) is 0.190. The summed E-state index contributed by atoms with van der Waals surface area (Å²) in [6.45, 7) is 0. The van der Waals surface area contributed by atoms with Crippen LogP contribution in [0.1, 0.15) is 63.0 Å². The Kier molecular flexibility index (Phi) is 6.43. The Morgan fingerprint density at radius 1 is 0.451 bits per heavy atom. The van der Waals surface area contributed by atoms with Gasteiger partial charge >= 0.3 is 0 Å². The van der Waals surface area contributed by atoms with E-state index in [0.29, 0.717) is 33.4 Å². The van der Waals surface area contributed by atoms with E-state index < -0.39 is 52.6 Å². The summed E-state index contributed by atoms with van der Waals surface area (Å²) in [4.78, 5) is 30.1. The maximum atomic E-state index is 15.6. The number of allylic oxidation sites excluding steroid dienone is 2. The first-order valence-electron chi connectivity index (χ1n) is 16.7. The minimum atomic E-state index is -1.42. The van der Waals surface area contributed by atoms with Gasteiger partial charge in [-0.3, -0.25) is 9.59 Å². The second kappa shape index (κ2) is 10.6. The zero-order valence-corrected chi connectivity index (χ0v) is 26.9. The van der Waals surface area contributed by atoms with Gasteiger partial charge in [0.25, 0.3) is 0 Å². The highest BCUT2D eigenvalue weighted by Gasteiger charge is 2.76. The number of hydrogen-bond donors (Lipinski definition) is 7. The Morgan fingerprint density at radius 2 is 0.941 bits per heavy atom. The largest absolute Gasteiger partial charge is 0.508 e. The maximum Gasteiger partial charge on any atom is 0.166 e. The lowest BCUT2D eigenvalue weighted by molar-refractivity contribution is -0.134. The molecule has 2 bridgehead atoms. The first kappa shape index (κ1) is 30.8. The lowest BCUT2D eigenvalue weighted by atomic mass is 9.58. The molecule has 4 aliphatic rings. The second-order valence-electron chi connectivity index (χ2n) is 14.2. The van der Waals surface area contributed by atoms with E-state index in [9.17, 15) is 40.5 Å². The summed E-state index contributed by atoms with van der Waals surface area (Å²) in [7, 11) is 0. The van der Waals surface area contributed by atoms with E-state index in [4.69, 9.17) is 0 Å². The zero-order chi connectivity index (χ0) is 35.5. The molecule has 1 spiro atoms. The van der Waals surface area contributed by atoms with Crippen LogP contribution in [0.4, 0.5) is 0 Å². The summed E-state index contributed by atoms with van der Waals surface area (Å²) < 4.78 is 0. The molecule has 0 radical (unpaired) electrons. The van der Waals surface area contributed by atoms with Crippen LogP contribution in [-0.2, 0) is 9.59 Å². The summed E-state index contributed by atoms with van der Waals surface area (Å²) in [5.74, 6) is -6.68. The maximum absolute atomic E-state index is 15.6. The first-order valence-corrected chi connectivity index (χ1v) is 16.7. The number of Topliss-reactive ketones (excluding diaryl/α,β-unsaturated/α-hetero) is 1. The fourth-order valence-corrected chi connectivity index (χ4v) is 10.4. The second-order valence-corrected chi connectivity index (χ2v) is 14.2. The Bertz CT molecular complexity index is 2290. The van der Waals surface area contributed by atoms with Crippen LogP contribution >= 0.6 is 0 Å². The molecule has 5 aromatic rings. The lowest BCUT2D eigenvalue weighted by Gasteiger charge is -2.42. The molecular weight excluding hydrogens is 648 g/mol. The minimum Gasteiger partial charge on any atom is -0.508 e. The van der Waals surface area contributed by atoms with Crippen LogP contribution in [0.15, 0.2) is 115 Å². The average molecular weight is 681 g/mol. The van der Waals surface area contributed by atoms with Crippen LogP contribution in [0.25, 0.3) is 0 Å². The van der Waals surface area contributed by atoms with Gasteiger partial charge in [0.1, 0.15) is 40.2 Å². The van der Waals surface area contributed by atoms with Gasteiger partial charge in [-0.2, -0.15) is 0 Å². The minimum absolute atomic E-state index is 0.00702. The Balaban J connectivity index is 1.41. The summed E-state index contributed by atoms with van der Waals surface area (Å²) in [6, 6.07) is 26.7. The number of ketones is 2. The highest BCUT2D eigenvalue weighted by molar-refractivity contribution is 6.18. The average Bonchev–Trinajstić information content (AvgIpc) is 3.63. The normalized spacial score (nSPS) is 28.6. The zero-order valence-electron chi connectivity index (χ0n) is 26.9. The molecule has 0 heterocycles. The number of phenols is 7. The van der Waals surface area contributed by atoms with Gasteiger partial charge in [0.15, 0.2) is 11.6 Å². The molecule has 0 unspecified atom stereocenters. The van der Waals surface area contributed by atoms with Crippen LogP contribution in [-0.4, -0.2) is 47.3 Å². The molecule has 51 heavy (non-hydrogen) atoms. The van der Waals surface area contributed by atoms with E-state index in [1.54, 1.807) is 72.8 Å². The van der Waals surface area contributed by atoms with Crippen LogP contribution in [0.5, 0.6) is 40.2 Å². The van der Waals surface area contributed by atoms with Crippen molar-refractivity contribution in [2.45, 2.75) is 29.6 Å². The molecule has 2 saturated carbocycles. The van der Waals surface area contributed by atoms with Crippen LogP contribution in [0, 0.1) is 17.3 Å². The number of aromatic hydroxyl groups is 7. The Labute approximate surface area is 291 Å². The van der Waals surface area contributed by atoms with E-state index in [2.05, 4.69) is 0 Å². The molecule has 0 saturated heterocycles. The van der Waals surface area contributed by atoms with E-state index in [1.807, 2.05) is 0 Å². The summed E-state index contributed by atoms with van der Waals surface area (Å²) >= 11 is 0. The molecular formula is C42H32O9. The molecule has 254 valence electrons. The van der Waals surface area contributed by atoms with Gasteiger partial charge in [-0.1, -0.05) is 36.4 Å². The van der Waals surface area contributed by atoms with Crippen molar-refractivity contribution < 1.29 is 45.3 Å². The molecule has 5 aromatic carbocycles. The third kappa shape index (κ3) is 4.15. The number of carbonyl (C=O) groups is 2. The molecule has 0 amide bonds. The highest BCUT2D eigenvalue weighted by Crippen LogP contribution is 2.80. The third-order valence-corrected chi connectivity index (χ3v) is 11.8. The van der Waals surface area contributed by atoms with E-state index in [1.165, 1.54) is 36.4 Å². The quantitative estimate of drug-likeness (QED) is 0.104. The SMILES string of the molecule is O=C1C=C2[C@H]3[C@H](c4ccc(O)cc4)c4c(O)cc(O)cc4[C@H]3[C@H](c3ccc(O)cc3)[C@]23C(=O)[C@H]1[C@H](c1cc(O)cc(O)c1)[C@H]3c1ccc(O)cc1. The molecule has 7 N–H and O–H groups in total. The number of carbonyl (C=O) groups excluding carboxylic acids is 2. The topological polar surface area (TPSA) is 176 Å². The molecule has 0 aliphatic heterocycles. The van der Waals surface area contributed by atoms with E-state index in [-0.39, 0.29) is 46.0 Å². The molecule has 0 aromatic heterocycles. The molecule has 4 aliphatic carbocycles. The fourth-order valence-electron chi connectivity index (χ4n) is 10.4. The van der Waals surface area contributed by atoms with Crippen molar-refractivity contribution >= 4 is 11.6 Å². The van der Waals surface area contributed by atoms with Gasteiger partial charge in [0.05, 0.1) is 11.3 Å². The lowest BCUT2D eigenvalue weighted by Crippen LogP contribution is -2.42. The van der Waals surface area contributed by atoms with Gasteiger partial charge in [-0.05, 0) is 100.0 Å². The van der Waals surface area contributed by atoms with Crippen molar-refractivity contribution in [3.05, 3.63) is 148 Å². The monoisotopic (exact) mass is 680 g/mol. The third-order valence-electron chi connectivity index (χ3n) is 11.8. The van der Waals surface area contributed by atoms with Crippen molar-refractivity contribution in [2.75, 3.05) is 0 Å². The predicted octanol–water partition coefficient (Wildman–Crippen LogP) is 6.53. The summed E-state index contributed by atoms with van der Waals surface area (Å²) in [5.41, 5.74) is 2.77. The Morgan fingerprint density at radius 3 is 1.49 bits per heavy atom. The van der Waals surface area contributed by atoms with E-state index >= 15 is 4.79 Å².